The van der Waals surface area contributed by atoms with Crippen molar-refractivity contribution in [2.45, 2.75) is 39.7 Å². The van der Waals surface area contributed by atoms with E-state index in [-0.39, 0.29) is 11.0 Å². The number of nitrogens with zero attached hydrogens (tertiary/aromatic N) is 2. The first kappa shape index (κ1) is 20.0. The number of imidazole rings is 1. The van der Waals surface area contributed by atoms with E-state index in [9.17, 15) is 9.59 Å². The van der Waals surface area contributed by atoms with Gasteiger partial charge in [-0.1, -0.05) is 18.5 Å². The second-order valence-corrected chi connectivity index (χ2v) is 7.68. The van der Waals surface area contributed by atoms with E-state index in [0.717, 1.165) is 0 Å². The molecule has 0 unspecified atom stereocenters. The largest absolute Gasteiger partial charge is 0.489 e. The van der Waals surface area contributed by atoms with E-state index in [1.165, 1.54) is 4.90 Å². The average molecular weight is 407 g/mol. The van der Waals surface area contributed by atoms with Crippen LogP contribution in [0.5, 0.6) is 5.75 Å². The number of ether oxygens (including phenoxy) is 2. The molecule has 0 saturated carbocycles. The van der Waals surface area contributed by atoms with Crippen molar-refractivity contribution in [2.24, 2.45) is 0 Å². The Balaban J connectivity index is 1.77. The van der Waals surface area contributed by atoms with Crippen molar-refractivity contribution in [3.63, 3.8) is 0 Å². The van der Waals surface area contributed by atoms with Crippen LogP contribution in [0.3, 0.4) is 0 Å². The molecule has 9 heteroatoms. The maximum Gasteiger partial charge on any atom is 0.415 e. The number of carbonyl (C=O) groups is 2. The number of H-pyrrole nitrogens is 1. The molecule has 2 aromatic rings. The Morgan fingerprint density at radius 2 is 2.14 bits per heavy atom. The van der Waals surface area contributed by atoms with E-state index in [2.05, 4.69) is 15.3 Å². The maximum atomic E-state index is 12.4. The third kappa shape index (κ3) is 4.39. The van der Waals surface area contributed by atoms with Crippen LogP contribution in [0.2, 0.25) is 5.15 Å². The number of hydrogen-bond acceptors (Lipinski definition) is 5. The number of benzene rings is 1. The van der Waals surface area contributed by atoms with Crippen molar-refractivity contribution >= 4 is 35.0 Å². The molecular formula is C19H23ClN4O4. The number of nitrogens with one attached hydrogen (secondary N) is 2. The van der Waals surface area contributed by atoms with E-state index >= 15 is 0 Å². The van der Waals surface area contributed by atoms with Gasteiger partial charge in [-0.3, -0.25) is 9.69 Å². The maximum absolute atomic E-state index is 12.4. The van der Waals surface area contributed by atoms with Crippen LogP contribution in [0, 0.1) is 0 Å². The van der Waals surface area contributed by atoms with Crippen molar-refractivity contribution < 1.29 is 19.1 Å². The first-order valence-electron chi connectivity index (χ1n) is 9.01. The molecule has 28 heavy (non-hydrogen) atoms. The quantitative estimate of drug-likeness (QED) is 0.802. The van der Waals surface area contributed by atoms with Crippen LogP contribution >= 0.6 is 11.6 Å². The molecule has 1 aromatic carbocycles. The predicted octanol–water partition coefficient (Wildman–Crippen LogP) is 4.01. The molecule has 0 bridgehead atoms. The molecule has 1 aromatic heterocycles. The topological polar surface area (TPSA) is 96.6 Å². The second-order valence-electron chi connectivity index (χ2n) is 7.33. The summed E-state index contributed by atoms with van der Waals surface area (Å²) in [6.07, 6.45) is 0.206. The fourth-order valence-corrected chi connectivity index (χ4v) is 2.99. The third-order valence-corrected chi connectivity index (χ3v) is 4.30. The van der Waals surface area contributed by atoms with Crippen molar-refractivity contribution in [3.05, 3.63) is 34.9 Å². The van der Waals surface area contributed by atoms with Gasteiger partial charge in [0.15, 0.2) is 11.0 Å². The molecule has 0 radical (unpaired) electrons. The normalized spacial score (nSPS) is 13.5. The molecule has 0 saturated heterocycles. The molecule has 0 fully saturated rings. The van der Waals surface area contributed by atoms with Gasteiger partial charge >= 0.3 is 6.09 Å². The summed E-state index contributed by atoms with van der Waals surface area (Å²) in [6, 6.07) is 5.06. The van der Waals surface area contributed by atoms with Crippen LogP contribution in [0.25, 0.3) is 0 Å². The van der Waals surface area contributed by atoms with E-state index < -0.39 is 17.6 Å². The molecule has 2 N–H and O–H groups in total. The van der Waals surface area contributed by atoms with Crippen LogP contribution in [-0.2, 0) is 11.2 Å². The molecule has 2 amide bonds. The number of halogens is 1. The zero-order valence-electron chi connectivity index (χ0n) is 16.3. The highest BCUT2D eigenvalue weighted by atomic mass is 35.5. The lowest BCUT2D eigenvalue weighted by Crippen LogP contribution is -2.41. The lowest BCUT2D eigenvalue weighted by atomic mass is 10.2. The van der Waals surface area contributed by atoms with Crippen LogP contribution in [0.15, 0.2) is 18.2 Å². The lowest BCUT2D eigenvalue weighted by molar-refractivity contribution is 0.0567. The molecule has 150 valence electrons. The summed E-state index contributed by atoms with van der Waals surface area (Å²) in [4.78, 5) is 33.3. The first-order valence-corrected chi connectivity index (χ1v) is 9.39. The minimum absolute atomic E-state index is 0.135. The molecule has 1 aliphatic rings. The van der Waals surface area contributed by atoms with Gasteiger partial charge in [-0.15, -0.1) is 0 Å². The van der Waals surface area contributed by atoms with Gasteiger partial charge in [0.05, 0.1) is 17.9 Å². The van der Waals surface area contributed by atoms with Crippen LogP contribution < -0.4 is 15.0 Å². The minimum Gasteiger partial charge on any atom is -0.489 e. The fraction of sp³-hybridized carbons (Fsp3) is 0.421. The monoisotopic (exact) mass is 406 g/mol. The number of anilines is 2. The van der Waals surface area contributed by atoms with Gasteiger partial charge in [-0.2, -0.15) is 0 Å². The van der Waals surface area contributed by atoms with Gasteiger partial charge in [0.2, 0.25) is 0 Å². The van der Waals surface area contributed by atoms with Gasteiger partial charge < -0.3 is 19.8 Å². The Hall–Kier alpha value is -2.74. The summed E-state index contributed by atoms with van der Waals surface area (Å²) < 4.78 is 11.1. The minimum atomic E-state index is -0.592. The molecule has 1 aliphatic heterocycles. The van der Waals surface area contributed by atoms with E-state index in [1.807, 2.05) is 27.7 Å². The number of aromatic amines is 1. The average Bonchev–Trinajstić information content (AvgIpc) is 3.00. The second kappa shape index (κ2) is 7.71. The highest BCUT2D eigenvalue weighted by molar-refractivity contribution is 6.30. The standard InChI is InChI=1S/C19H23ClN4O4/c1-5-12-15(20)23-16(22-12)17(25)21-11-6-7-13-14(10-11)27-9-8-24(13)18(26)28-19(2,3)4/h6-7,10H,5,8-9H2,1-4H3,(H,21,25)(H,22,23). The van der Waals surface area contributed by atoms with E-state index in [1.54, 1.807) is 18.2 Å². The van der Waals surface area contributed by atoms with Gasteiger partial charge in [-0.05, 0) is 39.3 Å². The zero-order valence-corrected chi connectivity index (χ0v) is 17.0. The van der Waals surface area contributed by atoms with Gasteiger partial charge in [0, 0.05) is 11.8 Å². The van der Waals surface area contributed by atoms with Gasteiger partial charge in [-0.25, -0.2) is 9.78 Å². The molecule has 0 atom stereocenters. The summed E-state index contributed by atoms with van der Waals surface area (Å²) in [7, 11) is 0. The van der Waals surface area contributed by atoms with Gasteiger partial charge in [0.25, 0.3) is 5.91 Å². The van der Waals surface area contributed by atoms with Crippen LogP contribution in [-0.4, -0.2) is 40.7 Å². The van der Waals surface area contributed by atoms with Crippen LogP contribution in [0.4, 0.5) is 16.2 Å². The number of rotatable bonds is 3. The first-order chi connectivity index (χ1) is 13.2. The number of aryl methyl sites for hydroxylation is 1. The summed E-state index contributed by atoms with van der Waals surface area (Å²) in [6.45, 7) is 8.08. The summed E-state index contributed by atoms with van der Waals surface area (Å²) >= 11 is 5.99. The number of hydrogen-bond donors (Lipinski definition) is 2. The predicted molar refractivity (Wildman–Crippen MR) is 106 cm³/mol. The molecule has 0 aliphatic carbocycles. The van der Waals surface area contributed by atoms with E-state index in [0.29, 0.717) is 42.4 Å². The van der Waals surface area contributed by atoms with Crippen molar-refractivity contribution in [2.75, 3.05) is 23.4 Å². The SMILES string of the molecule is CCc1[nH]c(C(=O)Nc2ccc3c(c2)OCCN3C(=O)OC(C)(C)C)nc1Cl. The van der Waals surface area contributed by atoms with Crippen molar-refractivity contribution in [1.29, 1.82) is 0 Å². The summed E-state index contributed by atoms with van der Waals surface area (Å²) in [5.74, 6) is 0.207. The highest BCUT2D eigenvalue weighted by Crippen LogP contribution is 2.35. The van der Waals surface area contributed by atoms with E-state index in [4.69, 9.17) is 21.1 Å². The molecule has 8 nitrogen and oxygen atoms in total. The zero-order chi connectivity index (χ0) is 20.5. The van der Waals surface area contributed by atoms with Crippen molar-refractivity contribution in [3.8, 4) is 5.75 Å². The van der Waals surface area contributed by atoms with Crippen molar-refractivity contribution in [1.82, 2.24) is 9.97 Å². The highest BCUT2D eigenvalue weighted by Gasteiger charge is 2.28. The fourth-order valence-electron chi connectivity index (χ4n) is 2.72. The number of carbonyl (C=O) groups excluding carboxylic acids is 2. The molecule has 3 rings (SSSR count). The number of fused-ring (bicyclic) bond motifs is 1. The number of aromatic nitrogens is 2. The molecule has 2 heterocycles. The molecular weight excluding hydrogens is 384 g/mol. The lowest BCUT2D eigenvalue weighted by Gasteiger charge is -2.31. The Labute approximate surface area is 168 Å². The third-order valence-electron chi connectivity index (χ3n) is 3.99. The summed E-state index contributed by atoms with van der Waals surface area (Å²) in [5, 5.41) is 3.04. The molecule has 0 spiro atoms. The van der Waals surface area contributed by atoms with Crippen LogP contribution in [0.1, 0.15) is 44.0 Å². The summed E-state index contributed by atoms with van der Waals surface area (Å²) in [5.41, 5.74) is 1.22. The Bertz CT molecular complexity index is 904. The number of amides is 2. The Morgan fingerprint density at radius 1 is 1.39 bits per heavy atom. The van der Waals surface area contributed by atoms with Gasteiger partial charge in [0.1, 0.15) is 18.0 Å². The Morgan fingerprint density at radius 3 is 2.79 bits per heavy atom. The smallest absolute Gasteiger partial charge is 0.415 e. The Kier molecular flexibility index (Phi) is 5.51.